The lowest BCUT2D eigenvalue weighted by Gasteiger charge is -2.47. The number of nitrogens with zero attached hydrogens (tertiary/aromatic N) is 4. The summed E-state index contributed by atoms with van der Waals surface area (Å²) in [6.07, 6.45) is -9.16. The van der Waals surface area contributed by atoms with Crippen LogP contribution in [0.4, 0.5) is 60.5 Å². The topological polar surface area (TPSA) is 54.1 Å². The summed E-state index contributed by atoms with van der Waals surface area (Å²) in [5, 5.41) is 22.3. The van der Waals surface area contributed by atoms with E-state index < -0.39 is 34.3 Å². The lowest BCUT2D eigenvalue weighted by Crippen LogP contribution is -2.40. The van der Waals surface area contributed by atoms with Crippen LogP contribution in [0.2, 0.25) is 0 Å². The predicted octanol–water partition coefficient (Wildman–Crippen LogP) is 20.1. The molecule has 0 saturated heterocycles. The Balaban J connectivity index is 1.05. The number of anilines is 6. The van der Waals surface area contributed by atoms with Crippen LogP contribution in [0.3, 0.4) is 0 Å². The van der Waals surface area contributed by atoms with E-state index in [2.05, 4.69) is 109 Å². The van der Waals surface area contributed by atoms with E-state index >= 15 is 0 Å². The molecule has 0 aliphatic heterocycles. The van der Waals surface area contributed by atoms with Crippen LogP contribution in [-0.2, 0) is 23.2 Å². The molecule has 2 aliphatic carbocycles. The normalized spacial score (nSPS) is 13.9. The van der Waals surface area contributed by atoms with Gasteiger partial charge in [0.2, 0.25) is 0 Å². The molecule has 12 heteroatoms. The van der Waals surface area contributed by atoms with E-state index in [1.807, 2.05) is 72.8 Å². The van der Waals surface area contributed by atoms with Gasteiger partial charge in [-0.05, 0) is 142 Å². The van der Waals surface area contributed by atoms with Crippen molar-refractivity contribution in [3.8, 4) is 23.3 Å². The van der Waals surface area contributed by atoms with Gasteiger partial charge in [0.15, 0.2) is 0 Å². The van der Waals surface area contributed by atoms with Crippen LogP contribution < -0.4 is 9.80 Å². The third-order valence-corrected chi connectivity index (χ3v) is 18.8. The Bertz CT molecular complexity index is 4360. The Kier molecular flexibility index (Phi) is 10.8. The van der Waals surface area contributed by atoms with Crippen LogP contribution in [0.5, 0.6) is 0 Å². The van der Waals surface area contributed by atoms with Crippen molar-refractivity contribution in [2.75, 3.05) is 9.80 Å². The number of alkyl halides is 6. The number of benzene rings is 10. The maximum atomic E-state index is 14.7. The standard InChI is InChI=1S/C68H40F6N4S2/c1-65(2)51-15-3-5-17-53(51)66(54-18-6-4-16-52(54)65)57-35-43(77(41-27-23-39(37-75)24-28-41)59-21-9-13-49-47-11-7-19-55(67(69,70)71)61(47)79-63(49)59)31-33-45(57)46-34-32-44(36-58(46)66)78(42-29-25-40(38-76)26-30-42)60-22-10-14-50-48-12-8-20-56(68(72,73)74)62(48)80-64(50)60/h3-36H,1-2H3. The van der Waals surface area contributed by atoms with Crippen molar-refractivity contribution in [3.63, 3.8) is 0 Å². The highest BCUT2D eigenvalue weighted by Crippen LogP contribution is 2.64. The highest BCUT2D eigenvalue weighted by molar-refractivity contribution is 7.27. The second kappa shape index (κ2) is 17.7. The lowest BCUT2D eigenvalue weighted by atomic mass is 9.55. The zero-order valence-corrected chi connectivity index (χ0v) is 44.1. The molecule has 80 heavy (non-hydrogen) atoms. The molecular weight excluding hydrogens is 1050 g/mol. The van der Waals surface area contributed by atoms with Gasteiger partial charge >= 0.3 is 12.4 Å². The van der Waals surface area contributed by atoms with E-state index in [0.29, 0.717) is 64.8 Å². The van der Waals surface area contributed by atoms with Crippen LogP contribution in [-0.4, -0.2) is 0 Å². The van der Waals surface area contributed by atoms with Crippen LogP contribution >= 0.6 is 22.7 Å². The fraction of sp³-hybridized carbons (Fsp3) is 0.0882. The van der Waals surface area contributed by atoms with E-state index in [9.17, 15) is 36.9 Å². The molecule has 14 rings (SSSR count). The number of nitriles is 2. The minimum Gasteiger partial charge on any atom is -0.309 e. The van der Waals surface area contributed by atoms with Crippen LogP contribution in [0, 0.1) is 22.7 Å². The van der Waals surface area contributed by atoms with Crippen LogP contribution in [0.1, 0.15) is 69.5 Å². The number of thiophene rings is 2. The van der Waals surface area contributed by atoms with Gasteiger partial charge in [-0.1, -0.05) is 123 Å². The quantitative estimate of drug-likeness (QED) is 0.156. The first-order valence-corrected chi connectivity index (χ1v) is 27.4. The van der Waals surface area contributed by atoms with E-state index in [4.69, 9.17) is 0 Å². The monoisotopic (exact) mass is 1090 g/mol. The average Bonchev–Trinajstić information content (AvgIpc) is 1.96. The highest BCUT2D eigenvalue weighted by Gasteiger charge is 2.54. The van der Waals surface area contributed by atoms with Crippen molar-refractivity contribution >= 4 is 97.1 Å². The zero-order chi connectivity index (χ0) is 55.0. The molecule has 12 aromatic rings. The Hall–Kier alpha value is -9.20. The molecule has 0 unspecified atom stereocenters. The summed E-state index contributed by atoms with van der Waals surface area (Å²) in [6.45, 7) is 4.48. The molecule has 2 aromatic heterocycles. The Morgan fingerprint density at radius 3 is 1.10 bits per heavy atom. The average molecular weight is 1090 g/mol. The highest BCUT2D eigenvalue weighted by atomic mass is 32.1. The number of hydrogen-bond acceptors (Lipinski definition) is 6. The summed E-state index contributed by atoms with van der Waals surface area (Å²) in [6, 6.07) is 68.7. The fourth-order valence-corrected chi connectivity index (χ4v) is 15.5. The summed E-state index contributed by atoms with van der Waals surface area (Å²) < 4.78 is 89.9. The molecular formula is C68H40F6N4S2. The molecule has 2 aliphatic rings. The van der Waals surface area contributed by atoms with Gasteiger partial charge in [-0.3, -0.25) is 0 Å². The SMILES string of the molecule is CC1(C)c2ccccc2C2(c3cc(N(c4ccc(C#N)cc4)c4cccc5c4sc4c(C(F)(F)F)cccc45)ccc3-c3ccc(N(c4ccc(C#N)cc4)c4cccc5c4sc4c(C(F)(F)F)cccc45)cc32)c2ccccc21. The van der Waals surface area contributed by atoms with Crippen molar-refractivity contribution in [3.05, 3.63) is 262 Å². The van der Waals surface area contributed by atoms with E-state index in [0.717, 1.165) is 90.7 Å². The van der Waals surface area contributed by atoms with Crippen molar-refractivity contribution in [2.45, 2.75) is 37.0 Å². The van der Waals surface area contributed by atoms with Gasteiger partial charge in [-0.25, -0.2) is 0 Å². The minimum atomic E-state index is -4.58. The van der Waals surface area contributed by atoms with Crippen molar-refractivity contribution in [2.24, 2.45) is 0 Å². The van der Waals surface area contributed by atoms with Crippen LogP contribution in [0.15, 0.2) is 206 Å². The summed E-state index contributed by atoms with van der Waals surface area (Å²) in [5.74, 6) is 0. The molecule has 1 spiro atoms. The number of hydrogen-bond donors (Lipinski definition) is 0. The largest absolute Gasteiger partial charge is 0.417 e. The molecule has 4 nitrogen and oxygen atoms in total. The molecule has 10 aromatic carbocycles. The predicted molar refractivity (Wildman–Crippen MR) is 310 cm³/mol. The van der Waals surface area contributed by atoms with Crippen LogP contribution in [0.25, 0.3) is 51.5 Å². The smallest absolute Gasteiger partial charge is 0.309 e. The van der Waals surface area contributed by atoms with E-state index in [1.54, 1.807) is 36.4 Å². The fourth-order valence-electron chi connectivity index (χ4n) is 12.8. The molecule has 2 heterocycles. The number of rotatable bonds is 6. The molecule has 0 amide bonds. The maximum Gasteiger partial charge on any atom is 0.417 e. The van der Waals surface area contributed by atoms with Gasteiger partial charge in [-0.15, -0.1) is 22.7 Å². The van der Waals surface area contributed by atoms with Crippen molar-refractivity contribution < 1.29 is 26.3 Å². The summed E-state index contributed by atoms with van der Waals surface area (Å²) in [5.41, 5.74) is 10.4. The first-order chi connectivity index (χ1) is 38.6. The van der Waals surface area contributed by atoms with Gasteiger partial charge < -0.3 is 9.80 Å². The molecule has 386 valence electrons. The second-order valence-electron chi connectivity index (χ2n) is 20.8. The number of fused-ring (bicyclic) bond motifs is 15. The van der Waals surface area contributed by atoms with E-state index in [1.165, 1.54) is 12.1 Å². The third kappa shape index (κ3) is 7.12. The third-order valence-electron chi connectivity index (χ3n) is 16.2. The first kappa shape index (κ1) is 49.1. The lowest BCUT2D eigenvalue weighted by molar-refractivity contribution is -0.137. The van der Waals surface area contributed by atoms with Gasteiger partial charge in [0, 0.05) is 59.1 Å². The molecule has 0 fully saturated rings. The van der Waals surface area contributed by atoms with E-state index in [-0.39, 0.29) is 9.40 Å². The van der Waals surface area contributed by atoms with Crippen molar-refractivity contribution in [1.82, 2.24) is 0 Å². The first-order valence-electron chi connectivity index (χ1n) is 25.7. The molecule has 0 saturated carbocycles. The summed E-state index contributed by atoms with van der Waals surface area (Å²) in [4.78, 5) is 4.14. The van der Waals surface area contributed by atoms with Gasteiger partial charge in [0.25, 0.3) is 0 Å². The van der Waals surface area contributed by atoms with Gasteiger partial charge in [0.05, 0.1) is 60.6 Å². The van der Waals surface area contributed by atoms with Gasteiger partial charge in [0.1, 0.15) is 0 Å². The zero-order valence-electron chi connectivity index (χ0n) is 42.5. The summed E-state index contributed by atoms with van der Waals surface area (Å²) >= 11 is 2.21. The summed E-state index contributed by atoms with van der Waals surface area (Å²) in [7, 11) is 0. The molecule has 0 N–H and O–H groups in total. The Morgan fingerprint density at radius 1 is 0.375 bits per heavy atom. The molecule has 0 radical (unpaired) electrons. The van der Waals surface area contributed by atoms with Gasteiger partial charge in [-0.2, -0.15) is 36.9 Å². The Labute approximate surface area is 463 Å². The Morgan fingerprint density at radius 2 is 0.725 bits per heavy atom. The number of halogens is 6. The van der Waals surface area contributed by atoms with Crippen molar-refractivity contribution in [1.29, 1.82) is 10.5 Å². The maximum absolute atomic E-state index is 14.7. The second-order valence-corrected chi connectivity index (χ2v) is 22.8. The molecule has 0 bridgehead atoms. The molecule has 0 atom stereocenters. The minimum absolute atomic E-state index is 0.143.